The van der Waals surface area contributed by atoms with Gasteiger partial charge in [0.15, 0.2) is 11.5 Å². The Kier molecular flexibility index (Phi) is 4.09. The third-order valence-electron chi connectivity index (χ3n) is 4.00. The number of hydrogen-bond acceptors (Lipinski definition) is 3. The fourth-order valence-corrected chi connectivity index (χ4v) is 2.84. The van der Waals surface area contributed by atoms with E-state index >= 15 is 0 Å². The van der Waals surface area contributed by atoms with Crippen LogP contribution in [-0.2, 0) is 11.3 Å². The van der Waals surface area contributed by atoms with Gasteiger partial charge in [-0.25, -0.2) is 0 Å². The predicted molar refractivity (Wildman–Crippen MR) is 75.9 cm³/mol. The van der Waals surface area contributed by atoms with E-state index < -0.39 is 0 Å². The van der Waals surface area contributed by atoms with Crippen molar-refractivity contribution in [3.05, 3.63) is 23.8 Å². The molecular formula is C16H21NO3. The highest BCUT2D eigenvalue weighted by molar-refractivity contribution is 5.78. The van der Waals surface area contributed by atoms with Crippen molar-refractivity contribution < 1.29 is 14.3 Å². The molecule has 0 aromatic heterocycles. The minimum absolute atomic E-state index is 0.189. The predicted octanol–water partition coefficient (Wildman–Crippen LogP) is 2.65. The summed E-state index contributed by atoms with van der Waals surface area (Å²) in [4.78, 5) is 12.0. The first-order valence-corrected chi connectivity index (χ1v) is 7.49. The van der Waals surface area contributed by atoms with Crippen LogP contribution in [0.4, 0.5) is 0 Å². The van der Waals surface area contributed by atoms with Crippen LogP contribution in [0.15, 0.2) is 18.2 Å². The molecule has 1 aliphatic carbocycles. The molecule has 0 saturated heterocycles. The third-order valence-corrected chi connectivity index (χ3v) is 4.00. The molecule has 3 rings (SSSR count). The van der Waals surface area contributed by atoms with Crippen molar-refractivity contribution in [2.75, 3.05) is 13.2 Å². The molecule has 1 amide bonds. The van der Waals surface area contributed by atoms with Crippen LogP contribution in [0.2, 0.25) is 0 Å². The molecule has 4 heteroatoms. The van der Waals surface area contributed by atoms with E-state index in [1.807, 2.05) is 18.2 Å². The van der Waals surface area contributed by atoms with Crippen molar-refractivity contribution in [1.29, 1.82) is 0 Å². The Hall–Kier alpha value is -1.71. The van der Waals surface area contributed by atoms with Gasteiger partial charge in [0.05, 0.1) is 13.2 Å². The van der Waals surface area contributed by atoms with Gasteiger partial charge >= 0.3 is 0 Å². The van der Waals surface area contributed by atoms with Gasteiger partial charge in [0, 0.05) is 18.9 Å². The quantitative estimate of drug-likeness (QED) is 0.922. The van der Waals surface area contributed by atoms with Crippen molar-refractivity contribution in [2.24, 2.45) is 5.92 Å². The molecule has 1 saturated carbocycles. The average molecular weight is 275 g/mol. The Labute approximate surface area is 119 Å². The van der Waals surface area contributed by atoms with Gasteiger partial charge in [-0.3, -0.25) is 4.79 Å². The Balaban J connectivity index is 1.60. The highest BCUT2D eigenvalue weighted by Crippen LogP contribution is 2.30. The summed E-state index contributed by atoms with van der Waals surface area (Å²) in [6.45, 7) is 1.95. The second kappa shape index (κ2) is 6.16. The smallest absolute Gasteiger partial charge is 0.223 e. The van der Waals surface area contributed by atoms with E-state index in [0.717, 1.165) is 36.3 Å². The number of ether oxygens (including phenoxy) is 2. The van der Waals surface area contributed by atoms with Gasteiger partial charge in [0.2, 0.25) is 5.91 Å². The van der Waals surface area contributed by atoms with E-state index in [4.69, 9.17) is 9.47 Å². The number of nitrogens with one attached hydrogen (secondary N) is 1. The molecule has 0 bridgehead atoms. The van der Waals surface area contributed by atoms with Gasteiger partial charge in [-0.05, 0) is 30.5 Å². The first-order valence-electron chi connectivity index (χ1n) is 7.49. The lowest BCUT2D eigenvalue weighted by molar-refractivity contribution is -0.124. The number of carbonyl (C=O) groups excluding carboxylic acids is 1. The van der Waals surface area contributed by atoms with Crippen molar-refractivity contribution in [3.63, 3.8) is 0 Å². The minimum atomic E-state index is 0.189. The normalized spacial score (nSPS) is 18.6. The second-order valence-corrected chi connectivity index (χ2v) is 5.53. The lowest BCUT2D eigenvalue weighted by Crippen LogP contribution is -2.28. The molecule has 1 heterocycles. The zero-order valence-electron chi connectivity index (χ0n) is 11.7. The second-order valence-electron chi connectivity index (χ2n) is 5.53. The monoisotopic (exact) mass is 275 g/mol. The Bertz CT molecular complexity index is 481. The third kappa shape index (κ3) is 3.06. The lowest BCUT2D eigenvalue weighted by atomic mass is 10.1. The Morgan fingerprint density at radius 1 is 1.10 bits per heavy atom. The molecule has 1 aromatic carbocycles. The van der Waals surface area contributed by atoms with Crippen LogP contribution in [-0.4, -0.2) is 19.1 Å². The van der Waals surface area contributed by atoms with Gasteiger partial charge < -0.3 is 14.8 Å². The van der Waals surface area contributed by atoms with Crippen molar-refractivity contribution >= 4 is 5.91 Å². The van der Waals surface area contributed by atoms with Crippen molar-refractivity contribution in [3.8, 4) is 11.5 Å². The van der Waals surface area contributed by atoms with E-state index in [-0.39, 0.29) is 11.8 Å². The Morgan fingerprint density at radius 3 is 2.65 bits per heavy atom. The molecule has 108 valence electrons. The maximum Gasteiger partial charge on any atom is 0.223 e. The summed E-state index contributed by atoms with van der Waals surface area (Å²) in [5, 5.41) is 3.03. The van der Waals surface area contributed by atoms with Crippen molar-refractivity contribution in [1.82, 2.24) is 5.32 Å². The molecule has 0 radical (unpaired) electrons. The molecule has 2 aliphatic rings. The van der Waals surface area contributed by atoms with E-state index in [1.165, 1.54) is 12.8 Å². The van der Waals surface area contributed by atoms with Gasteiger partial charge in [0.1, 0.15) is 0 Å². The summed E-state index contributed by atoms with van der Waals surface area (Å²) in [6, 6.07) is 5.88. The first kappa shape index (κ1) is 13.3. The van der Waals surface area contributed by atoms with E-state index in [2.05, 4.69) is 5.32 Å². The minimum Gasteiger partial charge on any atom is -0.490 e. The SMILES string of the molecule is O=C(NCc1ccc2c(c1)OCCCO2)C1CCCC1. The van der Waals surface area contributed by atoms with Crippen LogP contribution in [0.1, 0.15) is 37.7 Å². The summed E-state index contributed by atoms with van der Waals surface area (Å²) < 4.78 is 11.3. The number of benzene rings is 1. The van der Waals surface area contributed by atoms with Gasteiger partial charge in [-0.1, -0.05) is 18.9 Å². The van der Waals surface area contributed by atoms with Crippen LogP contribution in [0.25, 0.3) is 0 Å². The maximum atomic E-state index is 12.0. The highest BCUT2D eigenvalue weighted by atomic mass is 16.5. The molecule has 4 nitrogen and oxygen atoms in total. The lowest BCUT2D eigenvalue weighted by Gasteiger charge is -2.12. The zero-order valence-corrected chi connectivity index (χ0v) is 11.7. The van der Waals surface area contributed by atoms with Gasteiger partial charge in [0.25, 0.3) is 0 Å². The topological polar surface area (TPSA) is 47.6 Å². The molecule has 20 heavy (non-hydrogen) atoms. The van der Waals surface area contributed by atoms with Crippen LogP contribution >= 0.6 is 0 Å². The number of amides is 1. The number of fused-ring (bicyclic) bond motifs is 1. The van der Waals surface area contributed by atoms with Crippen LogP contribution in [0.5, 0.6) is 11.5 Å². The van der Waals surface area contributed by atoms with Gasteiger partial charge in [-0.15, -0.1) is 0 Å². The van der Waals surface area contributed by atoms with Crippen LogP contribution in [0.3, 0.4) is 0 Å². The summed E-state index contributed by atoms with van der Waals surface area (Å²) in [5.41, 5.74) is 1.06. The van der Waals surface area contributed by atoms with Crippen molar-refractivity contribution in [2.45, 2.75) is 38.6 Å². The van der Waals surface area contributed by atoms with E-state index in [1.54, 1.807) is 0 Å². The van der Waals surface area contributed by atoms with Crippen LogP contribution < -0.4 is 14.8 Å². The highest BCUT2D eigenvalue weighted by Gasteiger charge is 2.22. The fraction of sp³-hybridized carbons (Fsp3) is 0.562. The number of hydrogen-bond donors (Lipinski definition) is 1. The summed E-state index contributed by atoms with van der Waals surface area (Å²) in [7, 11) is 0. The Morgan fingerprint density at radius 2 is 1.85 bits per heavy atom. The molecule has 1 fully saturated rings. The number of carbonyl (C=O) groups is 1. The molecule has 1 aliphatic heterocycles. The maximum absolute atomic E-state index is 12.0. The largest absolute Gasteiger partial charge is 0.490 e. The van der Waals surface area contributed by atoms with Gasteiger partial charge in [-0.2, -0.15) is 0 Å². The van der Waals surface area contributed by atoms with E-state index in [9.17, 15) is 4.79 Å². The zero-order chi connectivity index (χ0) is 13.8. The standard InChI is InChI=1S/C16H21NO3/c18-16(13-4-1-2-5-13)17-11-12-6-7-14-15(10-12)20-9-3-8-19-14/h6-7,10,13H,1-5,8-9,11H2,(H,17,18). The van der Waals surface area contributed by atoms with Crippen LogP contribution in [0, 0.1) is 5.92 Å². The summed E-state index contributed by atoms with van der Waals surface area (Å²) >= 11 is 0. The molecule has 0 atom stereocenters. The molecular weight excluding hydrogens is 254 g/mol. The fourth-order valence-electron chi connectivity index (χ4n) is 2.84. The molecule has 0 spiro atoms. The average Bonchev–Trinajstić information content (AvgIpc) is 2.90. The molecule has 1 aromatic rings. The summed E-state index contributed by atoms with van der Waals surface area (Å²) in [6.07, 6.45) is 5.34. The van der Waals surface area contributed by atoms with E-state index in [0.29, 0.717) is 19.8 Å². The summed E-state index contributed by atoms with van der Waals surface area (Å²) in [5.74, 6) is 1.99. The molecule has 1 N–H and O–H groups in total. The number of rotatable bonds is 3. The molecule has 0 unspecified atom stereocenters. The first-order chi connectivity index (χ1) is 9.83.